The van der Waals surface area contributed by atoms with Gasteiger partial charge in [-0.05, 0) is 66.6 Å². The average molecular weight is 572 g/mol. The van der Waals surface area contributed by atoms with Crippen molar-refractivity contribution in [1.29, 1.82) is 0 Å². The zero-order chi connectivity index (χ0) is 29.6. The number of aromatic nitrogens is 3. The molecule has 1 aliphatic rings. The van der Waals surface area contributed by atoms with Crippen LogP contribution in [-0.4, -0.2) is 25.6 Å². The third kappa shape index (κ3) is 5.59. The van der Waals surface area contributed by atoms with Crippen molar-refractivity contribution in [2.75, 3.05) is 0 Å². The summed E-state index contributed by atoms with van der Waals surface area (Å²) in [6.45, 7) is 4.46. The van der Waals surface area contributed by atoms with E-state index in [2.05, 4.69) is 16.9 Å². The highest BCUT2D eigenvalue weighted by Gasteiger charge is 2.38. The van der Waals surface area contributed by atoms with E-state index in [4.69, 9.17) is 4.74 Å². The fraction of sp³-hybridized carbons (Fsp3) is 0.242. The van der Waals surface area contributed by atoms with Gasteiger partial charge in [0.1, 0.15) is 29.6 Å². The van der Waals surface area contributed by atoms with Crippen LogP contribution in [0.5, 0.6) is 5.88 Å². The van der Waals surface area contributed by atoms with Crippen LogP contribution in [0.4, 0.5) is 13.2 Å². The van der Waals surface area contributed by atoms with Gasteiger partial charge in [0.05, 0.1) is 16.8 Å². The number of pyridine rings is 1. The van der Waals surface area contributed by atoms with Gasteiger partial charge in [-0.3, -0.25) is 0 Å². The molecule has 0 unspecified atom stereocenters. The van der Waals surface area contributed by atoms with E-state index in [9.17, 15) is 18.7 Å². The van der Waals surface area contributed by atoms with E-state index >= 15 is 4.39 Å². The average Bonchev–Trinajstić information content (AvgIpc) is 3.59. The van der Waals surface area contributed by atoms with Gasteiger partial charge in [0.25, 0.3) is 0 Å². The number of hydrogen-bond acceptors (Lipinski definition) is 4. The first-order valence-corrected chi connectivity index (χ1v) is 13.6. The number of aryl methyl sites for hydroxylation is 1. The summed E-state index contributed by atoms with van der Waals surface area (Å²) >= 11 is 0. The van der Waals surface area contributed by atoms with Crippen LogP contribution in [0.25, 0.3) is 22.3 Å². The van der Waals surface area contributed by atoms with Crippen LogP contribution in [0.3, 0.4) is 0 Å². The SMILES string of the molecule is Cc1ccc(COc2cccc(-c3ccc(Cc4nc5c(F)cc(C(=O)O)cc5n4CC4(C)CC4)c(F)c3)n2)c(F)c1. The summed E-state index contributed by atoms with van der Waals surface area (Å²) in [5, 5.41) is 9.45. The predicted molar refractivity (Wildman–Crippen MR) is 152 cm³/mol. The minimum Gasteiger partial charge on any atom is -0.478 e. The van der Waals surface area contributed by atoms with Gasteiger partial charge in [-0.1, -0.05) is 37.3 Å². The number of carbonyl (C=O) groups is 1. The summed E-state index contributed by atoms with van der Waals surface area (Å²) in [5.41, 5.74) is 2.90. The van der Waals surface area contributed by atoms with Crippen molar-refractivity contribution in [3.63, 3.8) is 0 Å². The van der Waals surface area contributed by atoms with E-state index in [0.717, 1.165) is 24.5 Å². The maximum atomic E-state index is 15.5. The number of carboxylic acid groups (broad SMARTS) is 1. The van der Waals surface area contributed by atoms with Crippen molar-refractivity contribution in [3.8, 4) is 17.1 Å². The van der Waals surface area contributed by atoms with Crippen LogP contribution < -0.4 is 4.74 Å². The lowest BCUT2D eigenvalue weighted by Crippen LogP contribution is -2.12. The molecule has 3 aromatic carbocycles. The molecule has 1 N–H and O–H groups in total. The number of carboxylic acids is 1. The smallest absolute Gasteiger partial charge is 0.335 e. The zero-order valence-electron chi connectivity index (χ0n) is 23.1. The van der Waals surface area contributed by atoms with Crippen LogP contribution in [0.2, 0.25) is 0 Å². The Morgan fingerprint density at radius 2 is 1.71 bits per heavy atom. The summed E-state index contributed by atoms with van der Waals surface area (Å²) in [5.74, 6) is -2.04. The first-order valence-electron chi connectivity index (χ1n) is 13.6. The molecule has 2 heterocycles. The number of nitrogens with zero attached hydrogens (tertiary/aromatic N) is 3. The quantitative estimate of drug-likeness (QED) is 0.198. The molecule has 1 aliphatic carbocycles. The standard InChI is InChI=1S/C33H28F3N3O3/c1-19-6-7-22(24(34)12-19)17-42-30-5-3-4-27(37-30)21-9-8-20(25(35)13-21)16-29-38-31-26(36)14-23(32(40)41)15-28(31)39(29)18-33(2)10-11-33/h3-9,12-15H,10-11,16-18H2,1-2H3,(H,40,41). The lowest BCUT2D eigenvalue weighted by Gasteiger charge is -2.15. The number of aromatic carboxylic acids is 1. The van der Waals surface area contributed by atoms with Gasteiger partial charge in [-0.15, -0.1) is 0 Å². The lowest BCUT2D eigenvalue weighted by molar-refractivity contribution is 0.0696. The van der Waals surface area contributed by atoms with E-state index in [1.165, 1.54) is 18.2 Å². The normalized spacial score (nSPS) is 13.8. The fourth-order valence-corrected chi connectivity index (χ4v) is 5.01. The Kier molecular flexibility index (Phi) is 6.96. The van der Waals surface area contributed by atoms with Gasteiger partial charge in [0, 0.05) is 30.2 Å². The molecule has 0 spiro atoms. The number of benzene rings is 3. The molecular weight excluding hydrogens is 543 g/mol. The molecule has 2 aromatic heterocycles. The van der Waals surface area contributed by atoms with Crippen molar-refractivity contribution >= 4 is 17.0 Å². The van der Waals surface area contributed by atoms with Crippen LogP contribution in [0, 0.1) is 29.8 Å². The maximum Gasteiger partial charge on any atom is 0.335 e. The maximum absolute atomic E-state index is 15.5. The van der Waals surface area contributed by atoms with Crippen molar-refractivity contribution in [2.45, 2.75) is 46.3 Å². The number of rotatable bonds is 9. The third-order valence-corrected chi connectivity index (χ3v) is 7.78. The molecule has 9 heteroatoms. The second-order valence-corrected chi connectivity index (χ2v) is 11.3. The van der Waals surface area contributed by atoms with Gasteiger partial charge in [-0.25, -0.2) is 27.9 Å². The van der Waals surface area contributed by atoms with E-state index in [1.807, 2.05) is 11.5 Å². The molecule has 1 saturated carbocycles. The molecule has 0 amide bonds. The molecule has 6 nitrogen and oxygen atoms in total. The Morgan fingerprint density at radius 1 is 0.952 bits per heavy atom. The fourth-order valence-electron chi connectivity index (χ4n) is 5.01. The lowest BCUT2D eigenvalue weighted by atomic mass is 10.0. The highest BCUT2D eigenvalue weighted by Crippen LogP contribution is 2.47. The molecular formula is C33H28F3N3O3. The van der Waals surface area contributed by atoms with E-state index < -0.39 is 17.6 Å². The van der Waals surface area contributed by atoms with Crippen LogP contribution in [0.15, 0.2) is 66.7 Å². The molecule has 42 heavy (non-hydrogen) atoms. The number of halogens is 3. The molecule has 0 bridgehead atoms. The van der Waals surface area contributed by atoms with E-state index in [0.29, 0.717) is 40.3 Å². The Bertz CT molecular complexity index is 1850. The topological polar surface area (TPSA) is 77.2 Å². The van der Waals surface area contributed by atoms with E-state index in [-0.39, 0.29) is 41.2 Å². The Hall–Kier alpha value is -4.66. The second-order valence-electron chi connectivity index (χ2n) is 11.3. The molecule has 1 fully saturated rings. The summed E-state index contributed by atoms with van der Waals surface area (Å²) < 4.78 is 52.1. The van der Waals surface area contributed by atoms with Crippen molar-refractivity contribution in [1.82, 2.24) is 14.5 Å². The molecule has 214 valence electrons. The number of ether oxygens (including phenoxy) is 1. The van der Waals surface area contributed by atoms with Crippen molar-refractivity contribution < 1.29 is 27.8 Å². The minimum absolute atomic E-state index is 0.00443. The van der Waals surface area contributed by atoms with Gasteiger partial charge in [0.2, 0.25) is 5.88 Å². The van der Waals surface area contributed by atoms with Gasteiger partial charge in [0.15, 0.2) is 5.82 Å². The second kappa shape index (κ2) is 10.6. The van der Waals surface area contributed by atoms with Crippen molar-refractivity contribution in [2.24, 2.45) is 5.41 Å². The number of imidazole rings is 1. The summed E-state index contributed by atoms with van der Waals surface area (Å²) in [7, 11) is 0. The highest BCUT2D eigenvalue weighted by molar-refractivity contribution is 5.92. The van der Waals surface area contributed by atoms with Crippen molar-refractivity contribution in [3.05, 3.63) is 112 Å². The first kappa shape index (κ1) is 27.5. The highest BCUT2D eigenvalue weighted by atomic mass is 19.1. The molecule has 0 atom stereocenters. The summed E-state index contributed by atoms with van der Waals surface area (Å²) in [6, 6.07) is 17.2. The van der Waals surface area contributed by atoms with Crippen LogP contribution in [0.1, 0.15) is 52.6 Å². The molecule has 0 saturated heterocycles. The number of hydrogen-bond donors (Lipinski definition) is 1. The predicted octanol–water partition coefficient (Wildman–Crippen LogP) is 7.49. The van der Waals surface area contributed by atoms with Gasteiger partial charge >= 0.3 is 5.97 Å². The number of fused-ring (bicyclic) bond motifs is 1. The Balaban J connectivity index is 1.26. The summed E-state index contributed by atoms with van der Waals surface area (Å²) in [4.78, 5) is 20.5. The summed E-state index contributed by atoms with van der Waals surface area (Å²) in [6.07, 6.45) is 2.08. The zero-order valence-corrected chi connectivity index (χ0v) is 23.1. The monoisotopic (exact) mass is 571 g/mol. The van der Waals surface area contributed by atoms with Crippen LogP contribution in [-0.2, 0) is 19.6 Å². The van der Waals surface area contributed by atoms with Crippen LogP contribution >= 0.6 is 0 Å². The Morgan fingerprint density at radius 3 is 2.43 bits per heavy atom. The van der Waals surface area contributed by atoms with E-state index in [1.54, 1.807) is 42.5 Å². The Labute approximate surface area is 240 Å². The molecule has 6 rings (SSSR count). The van der Waals surface area contributed by atoms with Gasteiger partial charge < -0.3 is 14.4 Å². The largest absolute Gasteiger partial charge is 0.478 e. The van der Waals surface area contributed by atoms with Gasteiger partial charge in [-0.2, -0.15) is 0 Å². The molecule has 0 aliphatic heterocycles. The molecule has 5 aromatic rings. The first-order chi connectivity index (χ1) is 20.1. The molecule has 0 radical (unpaired) electrons. The minimum atomic E-state index is -1.23. The third-order valence-electron chi connectivity index (χ3n) is 7.78.